The number of fused-ring (bicyclic) bond motifs is 1. The van der Waals surface area contributed by atoms with Gasteiger partial charge in [-0.15, -0.1) is 6.58 Å². The molecule has 1 aliphatic rings. The number of alkyl halides is 1. The first kappa shape index (κ1) is 33.5. The van der Waals surface area contributed by atoms with Crippen molar-refractivity contribution in [3.05, 3.63) is 35.2 Å². The van der Waals surface area contributed by atoms with Crippen molar-refractivity contribution in [2.45, 2.75) is 72.6 Å². The number of ether oxygens (including phenoxy) is 3. The predicted octanol–water partition coefficient (Wildman–Crippen LogP) is 2.83. The first-order valence-electron chi connectivity index (χ1n) is 12.8. The average molecular weight is 619 g/mol. The van der Waals surface area contributed by atoms with Gasteiger partial charge < -0.3 is 24.3 Å². The highest BCUT2D eigenvalue weighted by Crippen LogP contribution is 2.52. The summed E-state index contributed by atoms with van der Waals surface area (Å²) in [5, 5.41) is 10.8. The molecule has 1 aliphatic heterocycles. The molecule has 0 bridgehead atoms. The average Bonchev–Trinajstić information content (AvgIpc) is 3.41. The van der Waals surface area contributed by atoms with E-state index in [1.165, 1.54) is 6.92 Å². The number of aliphatic hydroxyl groups excluding tert-OH is 1. The van der Waals surface area contributed by atoms with Crippen molar-refractivity contribution in [3.8, 4) is 0 Å². The Balaban J connectivity index is 1.82. The summed E-state index contributed by atoms with van der Waals surface area (Å²) in [6, 6.07) is 0. The van der Waals surface area contributed by atoms with Gasteiger partial charge in [-0.25, -0.2) is 28.0 Å². The number of imidazole rings is 1. The molecule has 0 spiro atoms. The van der Waals surface area contributed by atoms with Gasteiger partial charge in [0.1, 0.15) is 17.5 Å². The van der Waals surface area contributed by atoms with Crippen LogP contribution in [0.2, 0.25) is 0 Å². The number of aromatic amines is 1. The Morgan fingerprint density at radius 2 is 1.71 bits per heavy atom. The first-order valence-corrected chi connectivity index (χ1v) is 14.2. The number of rotatable bonds is 11. The summed E-state index contributed by atoms with van der Waals surface area (Å²) in [4.78, 5) is 47.1. The molecule has 4 atom stereocenters. The van der Waals surface area contributed by atoms with Crippen LogP contribution in [0.1, 0.15) is 53.6 Å². The van der Waals surface area contributed by atoms with Crippen molar-refractivity contribution in [1.82, 2.24) is 19.5 Å². The smallest absolute Gasteiger partial charge is 0.437 e. The third kappa shape index (κ3) is 7.30. The van der Waals surface area contributed by atoms with Crippen LogP contribution in [0.4, 0.5) is 4.39 Å². The zero-order valence-corrected chi connectivity index (χ0v) is 25.3. The monoisotopic (exact) mass is 618 g/mol. The molecule has 42 heavy (non-hydrogen) atoms. The quantitative estimate of drug-likeness (QED) is 0.162. The zero-order chi connectivity index (χ0) is 31.7. The van der Waals surface area contributed by atoms with Gasteiger partial charge in [0.05, 0.1) is 23.8 Å². The third-order valence-corrected chi connectivity index (χ3v) is 7.35. The lowest BCUT2D eigenvalue weighted by Crippen LogP contribution is -2.44. The fraction of sp³-hybridized carbons (Fsp3) is 0.640. The summed E-state index contributed by atoms with van der Waals surface area (Å²) < 4.78 is 61.4. The molecule has 0 amide bonds. The number of aromatic nitrogens is 4. The highest BCUT2D eigenvalue weighted by atomic mass is 31.2. The van der Waals surface area contributed by atoms with Gasteiger partial charge in [0, 0.05) is 0 Å². The maximum atomic E-state index is 15.5. The lowest BCUT2D eigenvalue weighted by molar-refractivity contribution is -0.164. The van der Waals surface area contributed by atoms with Gasteiger partial charge in [0.15, 0.2) is 23.6 Å². The van der Waals surface area contributed by atoms with E-state index in [0.717, 1.165) is 17.0 Å². The van der Waals surface area contributed by atoms with Crippen LogP contribution in [0, 0.1) is 17.8 Å². The number of nitrogens with zero attached hydrogens (tertiary/aromatic N) is 3. The Hall–Kier alpha value is -3.01. The molecule has 1 fully saturated rings. The lowest BCUT2D eigenvalue weighted by atomic mass is 9.97. The molecule has 0 aromatic carbocycles. The summed E-state index contributed by atoms with van der Waals surface area (Å²) in [5.41, 5.74) is -4.49. The number of phosphoric ester groups is 1. The molecule has 15 nitrogen and oxygen atoms in total. The van der Waals surface area contributed by atoms with E-state index >= 15 is 4.39 Å². The molecule has 2 N–H and O–H groups in total. The number of nitrogens with one attached hydrogen (secondary N) is 1. The molecular formula is C25H36FN4O11P. The van der Waals surface area contributed by atoms with E-state index in [9.17, 15) is 24.1 Å². The maximum absolute atomic E-state index is 15.5. The van der Waals surface area contributed by atoms with E-state index in [2.05, 4.69) is 21.5 Å². The van der Waals surface area contributed by atoms with E-state index in [1.54, 1.807) is 41.5 Å². The highest BCUT2D eigenvalue weighted by Gasteiger charge is 2.56. The van der Waals surface area contributed by atoms with E-state index in [4.69, 9.17) is 27.8 Å². The van der Waals surface area contributed by atoms with E-state index < -0.39 is 80.4 Å². The van der Waals surface area contributed by atoms with Crippen molar-refractivity contribution >= 4 is 30.9 Å². The van der Waals surface area contributed by atoms with Crippen molar-refractivity contribution in [3.63, 3.8) is 0 Å². The number of H-pyrrole nitrogens is 1. The van der Waals surface area contributed by atoms with Crippen molar-refractivity contribution in [1.29, 1.82) is 0 Å². The number of esters is 2. The summed E-state index contributed by atoms with van der Waals surface area (Å²) in [6.45, 7) is 12.0. The summed E-state index contributed by atoms with van der Waals surface area (Å²) >= 11 is 0. The van der Waals surface area contributed by atoms with Crippen molar-refractivity contribution in [2.75, 3.05) is 20.2 Å². The molecule has 0 unspecified atom stereocenters. The van der Waals surface area contributed by atoms with Crippen LogP contribution < -0.4 is 5.56 Å². The minimum atomic E-state index is -4.72. The topological polar surface area (TPSA) is 190 Å². The second kappa shape index (κ2) is 12.3. The Kier molecular flexibility index (Phi) is 9.81. The van der Waals surface area contributed by atoms with Gasteiger partial charge in [-0.1, -0.05) is 6.08 Å². The second-order valence-corrected chi connectivity index (χ2v) is 13.3. The minimum absolute atomic E-state index is 0.00412. The Morgan fingerprint density at radius 1 is 1.17 bits per heavy atom. The number of aliphatic hydroxyl groups is 1. The second-order valence-electron chi connectivity index (χ2n) is 11.6. The van der Waals surface area contributed by atoms with Gasteiger partial charge in [-0.2, -0.15) is 0 Å². The number of halogens is 1. The van der Waals surface area contributed by atoms with E-state index in [0.29, 0.717) is 0 Å². The first-order chi connectivity index (χ1) is 19.3. The molecule has 17 heteroatoms. The molecule has 0 aliphatic carbocycles. The number of aryl methyl sites for hydroxylation is 1. The fourth-order valence-corrected chi connectivity index (χ4v) is 4.53. The summed E-state index contributed by atoms with van der Waals surface area (Å²) in [5.74, 6) is -1.15. The van der Waals surface area contributed by atoms with Gasteiger partial charge in [0.25, 0.3) is 5.56 Å². The largest absolute Gasteiger partial charge is 0.480 e. The molecule has 3 rings (SSSR count). The molecule has 234 valence electrons. The molecular weight excluding hydrogens is 582 g/mol. The van der Waals surface area contributed by atoms with Crippen LogP contribution in [0.3, 0.4) is 0 Å². The fourth-order valence-electron chi connectivity index (χ4n) is 3.58. The number of carbonyl (C=O) groups excluding carboxylic acids is 2. The number of hydrogen-bond acceptors (Lipinski definition) is 13. The number of hydrogen-bond donors (Lipinski definition) is 2. The van der Waals surface area contributed by atoms with Crippen LogP contribution >= 0.6 is 7.82 Å². The summed E-state index contributed by atoms with van der Waals surface area (Å²) in [6.07, 6.45) is -3.43. The van der Waals surface area contributed by atoms with Crippen molar-refractivity contribution < 1.29 is 51.4 Å². The normalized spacial score (nSPS) is 23.2. The summed E-state index contributed by atoms with van der Waals surface area (Å²) in [7, 11) is -4.72. The van der Waals surface area contributed by atoms with Gasteiger partial charge in [-0.3, -0.25) is 23.5 Å². The van der Waals surface area contributed by atoms with Crippen molar-refractivity contribution in [2.24, 2.45) is 10.8 Å². The maximum Gasteiger partial charge on any atom is 0.480 e. The van der Waals surface area contributed by atoms with Crippen LogP contribution in [-0.2, 0) is 41.9 Å². The number of phosphoric acid groups is 1. The van der Waals surface area contributed by atoms with E-state index in [1.807, 2.05) is 0 Å². The molecule has 0 radical (unpaired) electrons. The van der Waals surface area contributed by atoms with Crippen LogP contribution in [0.5, 0.6) is 0 Å². The highest BCUT2D eigenvalue weighted by molar-refractivity contribution is 7.48. The SMILES string of the molecule is C=C[C@]1(COP(=O)(OCOC(=O)C(C)(C)C)OCOC(=O)C(C)(C)C)O[C@@H](n2cnc3c(=O)[nH]c(C)nc32)[C@H](F)[C@@H]1O. The Morgan fingerprint density at radius 3 is 2.21 bits per heavy atom. The number of carbonyl (C=O) groups is 2. The lowest BCUT2D eigenvalue weighted by Gasteiger charge is -2.29. The van der Waals surface area contributed by atoms with Gasteiger partial charge >= 0.3 is 19.8 Å². The van der Waals surface area contributed by atoms with Crippen LogP contribution in [0.25, 0.3) is 11.2 Å². The molecule has 2 aromatic heterocycles. The van der Waals surface area contributed by atoms with Crippen LogP contribution in [-0.4, -0.2) is 74.6 Å². The molecule has 2 aromatic rings. The minimum Gasteiger partial charge on any atom is -0.437 e. The molecule has 0 saturated carbocycles. The predicted molar refractivity (Wildman–Crippen MR) is 143 cm³/mol. The third-order valence-electron chi connectivity index (χ3n) is 6.06. The Labute approximate surface area is 240 Å². The van der Waals surface area contributed by atoms with E-state index in [-0.39, 0.29) is 17.0 Å². The molecule has 1 saturated heterocycles. The zero-order valence-electron chi connectivity index (χ0n) is 24.4. The van der Waals surface area contributed by atoms with Gasteiger partial charge in [0.2, 0.25) is 13.6 Å². The molecule has 3 heterocycles. The van der Waals surface area contributed by atoms with Crippen LogP contribution in [0.15, 0.2) is 23.8 Å². The van der Waals surface area contributed by atoms with Gasteiger partial charge in [-0.05, 0) is 48.5 Å². The Bertz CT molecular complexity index is 1390. The standard InChI is InChI=1S/C25H36FN4O11P/c1-9-25(17(31)15(26)20(41-25)30-11-27-16-18(30)28-14(2)29-19(16)32)10-38-42(35,39-12-36-21(33)23(3,4)5)40-13-37-22(34)24(6,7)8/h9,11,15,17,20,31H,1,10,12-13H2,2-8H3,(H,28,29,32)/t15-,17+,20-,25-/m1/s1.